The first kappa shape index (κ1) is 19.8. The zero-order valence-electron chi connectivity index (χ0n) is 12.3. The zero-order valence-corrected chi connectivity index (χ0v) is 13.1. The number of hydrogen-bond acceptors (Lipinski definition) is 5. The van der Waals surface area contributed by atoms with E-state index in [4.69, 9.17) is 5.11 Å². The molecule has 2 N–H and O–H groups in total. The van der Waals surface area contributed by atoms with Crippen LogP contribution in [0.5, 0.6) is 0 Å². The lowest BCUT2D eigenvalue weighted by atomic mass is 10.1. The lowest BCUT2D eigenvalue weighted by molar-refractivity contribution is -0.138. The Labute approximate surface area is 145 Å². The molecule has 0 spiro atoms. The highest BCUT2D eigenvalue weighted by molar-refractivity contribution is 8.15. The van der Waals surface area contributed by atoms with Gasteiger partial charge in [0.05, 0.1) is 18.2 Å². The number of carbonyl (C=O) groups is 2. The van der Waals surface area contributed by atoms with Gasteiger partial charge in [-0.15, -0.1) is 5.10 Å². The fourth-order valence-electron chi connectivity index (χ4n) is 1.85. The number of carboxylic acid groups (broad SMARTS) is 1. The lowest BCUT2D eigenvalue weighted by Crippen LogP contribution is -2.26. The summed E-state index contributed by atoms with van der Waals surface area (Å²) in [5, 5.41) is 15.9. The molecule has 0 bridgehead atoms. The Bertz CT molecular complexity index is 824. The number of carbonyl (C=O) groups excluding carboxylic acids is 1. The van der Waals surface area contributed by atoms with Gasteiger partial charge in [0.15, 0.2) is 22.6 Å². The number of halogens is 6. The van der Waals surface area contributed by atoms with Gasteiger partial charge in [0.25, 0.3) is 0 Å². The average molecular weight is 399 g/mol. The maximum absolute atomic E-state index is 13.6. The number of rotatable bonds is 4. The molecule has 1 saturated heterocycles. The molecule has 26 heavy (non-hydrogen) atoms. The Kier molecular flexibility index (Phi) is 5.59. The molecule has 1 unspecified atom stereocenters. The number of nitrogens with one attached hydrogen (secondary N) is 1. The Hall–Kier alpha value is -2.57. The Morgan fingerprint density at radius 3 is 2.54 bits per heavy atom. The summed E-state index contributed by atoms with van der Waals surface area (Å²) in [5.74, 6) is -8.21. The van der Waals surface area contributed by atoms with Crippen LogP contribution in [0.15, 0.2) is 16.3 Å². The van der Waals surface area contributed by atoms with Crippen molar-refractivity contribution in [1.82, 2.24) is 5.32 Å². The normalized spacial score (nSPS) is 19.4. The van der Waals surface area contributed by atoms with Crippen LogP contribution in [0.3, 0.4) is 0 Å². The van der Waals surface area contributed by atoms with Gasteiger partial charge in [0.2, 0.25) is 5.91 Å². The van der Waals surface area contributed by atoms with Gasteiger partial charge in [0.1, 0.15) is 5.25 Å². The molecule has 2 rings (SSSR count). The number of carboxylic acids is 1. The third kappa shape index (κ3) is 4.33. The van der Waals surface area contributed by atoms with Crippen LogP contribution in [0.25, 0.3) is 0 Å². The predicted octanol–water partition coefficient (Wildman–Crippen LogP) is 2.52. The maximum atomic E-state index is 13.6. The van der Waals surface area contributed by atoms with Crippen LogP contribution in [-0.4, -0.2) is 33.6 Å². The number of alkyl halides is 3. The number of nitrogens with zero attached hydrogens (tertiary/aromatic N) is 2. The third-order valence-electron chi connectivity index (χ3n) is 2.98. The minimum absolute atomic E-state index is 0.213. The van der Waals surface area contributed by atoms with Gasteiger partial charge in [-0.1, -0.05) is 11.8 Å². The standard InChI is InChI=1S/C13H7F6N3O3S/c14-6-1-5(13(17,18)19)4(9(15)10(6)16)3-20-22-12-21-11(25)7(26-12)2-8(23)24/h1,3,7H,2H2,(H,23,24)(H,21,22,25). The van der Waals surface area contributed by atoms with Gasteiger partial charge in [-0.25, -0.2) is 13.2 Å². The summed E-state index contributed by atoms with van der Waals surface area (Å²) in [6, 6.07) is -0.220. The molecule has 1 aromatic carbocycles. The van der Waals surface area contributed by atoms with Gasteiger partial charge >= 0.3 is 12.1 Å². The molecule has 1 atom stereocenters. The van der Waals surface area contributed by atoms with E-state index in [1.54, 1.807) is 0 Å². The topological polar surface area (TPSA) is 91.1 Å². The number of amides is 1. The summed E-state index contributed by atoms with van der Waals surface area (Å²) in [6.07, 6.45) is -5.51. The Morgan fingerprint density at radius 1 is 1.31 bits per heavy atom. The van der Waals surface area contributed by atoms with Gasteiger partial charge in [-0.05, 0) is 6.07 Å². The molecule has 1 amide bonds. The first-order chi connectivity index (χ1) is 12.0. The van der Waals surface area contributed by atoms with Crippen LogP contribution >= 0.6 is 11.8 Å². The molecular weight excluding hydrogens is 392 g/mol. The molecule has 1 heterocycles. The fourth-order valence-corrected chi connectivity index (χ4v) is 2.77. The summed E-state index contributed by atoms with van der Waals surface area (Å²) in [4.78, 5) is 22.0. The molecular formula is C13H7F6N3O3S. The minimum atomic E-state index is -5.19. The van der Waals surface area contributed by atoms with E-state index >= 15 is 0 Å². The number of thioether (sulfide) groups is 1. The molecule has 0 saturated carbocycles. The van der Waals surface area contributed by atoms with Crippen molar-refractivity contribution in [1.29, 1.82) is 0 Å². The van der Waals surface area contributed by atoms with E-state index in [2.05, 4.69) is 15.5 Å². The largest absolute Gasteiger partial charge is 0.481 e. The van der Waals surface area contributed by atoms with E-state index in [0.29, 0.717) is 11.8 Å². The zero-order chi connectivity index (χ0) is 19.6. The van der Waals surface area contributed by atoms with Crippen molar-refractivity contribution in [2.24, 2.45) is 10.2 Å². The SMILES string of the molecule is O=C(O)CC1SC(=NN=Cc2c(C(F)(F)F)cc(F)c(F)c2F)NC1=O. The number of amidine groups is 1. The monoisotopic (exact) mass is 399 g/mol. The first-order valence-corrected chi connectivity index (χ1v) is 7.43. The molecule has 0 aliphatic carbocycles. The quantitative estimate of drug-likeness (QED) is 0.352. The predicted molar refractivity (Wildman–Crippen MR) is 78.1 cm³/mol. The number of hydrogen-bond donors (Lipinski definition) is 2. The van der Waals surface area contributed by atoms with Crippen LogP contribution in [0.1, 0.15) is 17.5 Å². The molecule has 1 fully saturated rings. The smallest absolute Gasteiger partial charge is 0.417 e. The van der Waals surface area contributed by atoms with Crippen molar-refractivity contribution < 1.29 is 41.0 Å². The van der Waals surface area contributed by atoms with E-state index in [9.17, 15) is 35.9 Å². The molecule has 140 valence electrons. The molecule has 1 aliphatic rings. The van der Waals surface area contributed by atoms with Gasteiger partial charge in [-0.2, -0.15) is 18.3 Å². The second-order valence-electron chi connectivity index (χ2n) is 4.79. The summed E-state index contributed by atoms with van der Waals surface area (Å²) in [7, 11) is 0. The summed E-state index contributed by atoms with van der Waals surface area (Å²) in [5.41, 5.74) is -3.18. The van der Waals surface area contributed by atoms with Crippen LogP contribution in [0.4, 0.5) is 26.3 Å². The molecule has 1 aliphatic heterocycles. The average Bonchev–Trinajstić information content (AvgIpc) is 2.85. The first-order valence-electron chi connectivity index (χ1n) is 6.55. The third-order valence-corrected chi connectivity index (χ3v) is 4.05. The van der Waals surface area contributed by atoms with Crippen molar-refractivity contribution in [2.75, 3.05) is 0 Å². The van der Waals surface area contributed by atoms with E-state index in [1.807, 2.05) is 0 Å². The molecule has 0 aromatic heterocycles. The van der Waals surface area contributed by atoms with Crippen molar-refractivity contribution in [3.8, 4) is 0 Å². The highest BCUT2D eigenvalue weighted by atomic mass is 32.2. The molecule has 1 aromatic rings. The summed E-state index contributed by atoms with van der Waals surface area (Å²) >= 11 is 0.646. The lowest BCUT2D eigenvalue weighted by Gasteiger charge is -2.11. The number of benzene rings is 1. The highest BCUT2D eigenvalue weighted by Gasteiger charge is 2.37. The molecule has 13 heteroatoms. The van der Waals surface area contributed by atoms with Crippen molar-refractivity contribution in [3.63, 3.8) is 0 Å². The summed E-state index contributed by atoms with van der Waals surface area (Å²) in [6.45, 7) is 0. The van der Waals surface area contributed by atoms with Crippen LogP contribution < -0.4 is 5.32 Å². The van der Waals surface area contributed by atoms with E-state index in [1.165, 1.54) is 0 Å². The number of aliphatic carboxylic acids is 1. The Balaban J connectivity index is 2.30. The van der Waals surface area contributed by atoms with Gasteiger partial charge in [0, 0.05) is 5.56 Å². The fraction of sp³-hybridized carbons (Fsp3) is 0.231. The molecule has 6 nitrogen and oxygen atoms in total. The van der Waals surface area contributed by atoms with Gasteiger partial charge in [-0.3, -0.25) is 9.59 Å². The second kappa shape index (κ2) is 7.35. The van der Waals surface area contributed by atoms with Crippen LogP contribution in [0.2, 0.25) is 0 Å². The van der Waals surface area contributed by atoms with E-state index in [0.717, 1.165) is 0 Å². The Morgan fingerprint density at radius 2 is 1.96 bits per heavy atom. The second-order valence-corrected chi connectivity index (χ2v) is 5.98. The van der Waals surface area contributed by atoms with Crippen molar-refractivity contribution >= 4 is 35.0 Å². The minimum Gasteiger partial charge on any atom is -0.481 e. The molecule has 0 radical (unpaired) electrons. The van der Waals surface area contributed by atoms with Crippen LogP contribution in [-0.2, 0) is 15.8 Å². The highest BCUT2D eigenvalue weighted by Crippen LogP contribution is 2.34. The van der Waals surface area contributed by atoms with Gasteiger partial charge < -0.3 is 10.4 Å². The van der Waals surface area contributed by atoms with Crippen LogP contribution in [0, 0.1) is 17.5 Å². The van der Waals surface area contributed by atoms with Crippen molar-refractivity contribution in [2.45, 2.75) is 17.8 Å². The van der Waals surface area contributed by atoms with E-state index in [-0.39, 0.29) is 17.4 Å². The van der Waals surface area contributed by atoms with Crippen molar-refractivity contribution in [3.05, 3.63) is 34.6 Å². The maximum Gasteiger partial charge on any atom is 0.417 e. The van der Waals surface area contributed by atoms with E-state index < -0.39 is 58.3 Å². The summed E-state index contributed by atoms with van der Waals surface area (Å²) < 4.78 is 78.3.